The van der Waals surface area contributed by atoms with Gasteiger partial charge in [0.15, 0.2) is 0 Å². The van der Waals surface area contributed by atoms with E-state index in [-0.39, 0.29) is 0 Å². The molecule has 1 aromatic rings. The third kappa shape index (κ3) is 2.42. The largest absolute Gasteiger partial charge is 0.496 e. The fourth-order valence-electron chi connectivity index (χ4n) is 1.74. The van der Waals surface area contributed by atoms with Gasteiger partial charge in [-0.3, -0.25) is 0 Å². The second-order valence-electron chi connectivity index (χ2n) is 4.09. The van der Waals surface area contributed by atoms with Gasteiger partial charge in [-0.15, -0.1) is 0 Å². The number of aryl methyl sites for hydroxylation is 1. The van der Waals surface area contributed by atoms with Crippen molar-refractivity contribution in [2.45, 2.75) is 6.92 Å². The molecule has 2 N–H and O–H groups in total. The molecule has 1 fully saturated rings. The summed E-state index contributed by atoms with van der Waals surface area (Å²) in [5.41, 5.74) is 2.36. The summed E-state index contributed by atoms with van der Waals surface area (Å²) in [6, 6.07) is 6.21. The Hall–Kier alpha value is -1.22. The normalized spacial score (nSPS) is 15.9. The van der Waals surface area contributed by atoms with E-state index in [0.29, 0.717) is 0 Å². The van der Waals surface area contributed by atoms with Crippen LogP contribution in [0.3, 0.4) is 0 Å². The van der Waals surface area contributed by atoms with Gasteiger partial charge >= 0.3 is 0 Å². The zero-order valence-corrected chi connectivity index (χ0v) is 9.34. The number of ether oxygens (including phenoxy) is 1. The first-order chi connectivity index (χ1) is 7.29. The maximum absolute atomic E-state index is 5.22. The molecule has 1 saturated heterocycles. The Morgan fingerprint density at radius 3 is 2.80 bits per heavy atom. The number of hydrogen-bond donors (Lipinski definition) is 2. The van der Waals surface area contributed by atoms with Crippen LogP contribution < -0.4 is 15.4 Å². The molecule has 0 bridgehead atoms. The highest BCUT2D eigenvalue weighted by atomic mass is 16.5. The average Bonchev–Trinajstić information content (AvgIpc) is 2.16. The van der Waals surface area contributed by atoms with Crippen molar-refractivity contribution in [1.82, 2.24) is 5.32 Å². The Labute approximate surface area is 90.8 Å². The topological polar surface area (TPSA) is 33.3 Å². The monoisotopic (exact) mass is 206 g/mol. The van der Waals surface area contributed by atoms with Crippen LogP contribution >= 0.6 is 0 Å². The molecular weight excluding hydrogens is 188 g/mol. The zero-order valence-electron chi connectivity index (χ0n) is 9.34. The molecule has 0 radical (unpaired) electrons. The van der Waals surface area contributed by atoms with Crippen molar-refractivity contribution in [3.8, 4) is 5.75 Å². The smallest absolute Gasteiger partial charge is 0.121 e. The summed E-state index contributed by atoms with van der Waals surface area (Å²) in [5.74, 6) is 1.73. The second kappa shape index (κ2) is 4.53. The molecule has 0 saturated carbocycles. The van der Waals surface area contributed by atoms with Gasteiger partial charge in [0.1, 0.15) is 5.75 Å². The molecule has 0 unspecified atom stereocenters. The Bertz CT molecular complexity index is 334. The van der Waals surface area contributed by atoms with E-state index in [1.165, 1.54) is 11.3 Å². The molecule has 0 amide bonds. The van der Waals surface area contributed by atoms with Crippen molar-refractivity contribution < 1.29 is 4.74 Å². The van der Waals surface area contributed by atoms with Gasteiger partial charge in [-0.25, -0.2) is 0 Å². The van der Waals surface area contributed by atoms with Crippen molar-refractivity contribution in [1.29, 1.82) is 0 Å². The van der Waals surface area contributed by atoms with Crippen LogP contribution in [0.5, 0.6) is 5.75 Å². The molecule has 82 valence electrons. The van der Waals surface area contributed by atoms with E-state index < -0.39 is 0 Å². The fraction of sp³-hybridized carbons (Fsp3) is 0.500. The Balaban J connectivity index is 1.93. The molecule has 1 heterocycles. The maximum atomic E-state index is 5.22. The summed E-state index contributed by atoms with van der Waals surface area (Å²) >= 11 is 0. The second-order valence-corrected chi connectivity index (χ2v) is 4.09. The van der Waals surface area contributed by atoms with Gasteiger partial charge in [0, 0.05) is 31.2 Å². The summed E-state index contributed by atoms with van der Waals surface area (Å²) in [7, 11) is 1.70. The van der Waals surface area contributed by atoms with Crippen LogP contribution in [-0.2, 0) is 0 Å². The van der Waals surface area contributed by atoms with Crippen molar-refractivity contribution in [3.05, 3.63) is 23.8 Å². The number of hydrogen-bond acceptors (Lipinski definition) is 3. The van der Waals surface area contributed by atoms with Gasteiger partial charge in [-0.05, 0) is 30.7 Å². The number of nitrogens with one attached hydrogen (secondary N) is 2. The summed E-state index contributed by atoms with van der Waals surface area (Å²) in [6.07, 6.45) is 0. The lowest BCUT2D eigenvalue weighted by molar-refractivity contribution is 0.365. The zero-order chi connectivity index (χ0) is 10.7. The molecule has 1 aromatic carbocycles. The van der Waals surface area contributed by atoms with Crippen molar-refractivity contribution in [2.24, 2.45) is 5.92 Å². The van der Waals surface area contributed by atoms with Gasteiger partial charge in [-0.1, -0.05) is 0 Å². The molecule has 15 heavy (non-hydrogen) atoms. The van der Waals surface area contributed by atoms with Crippen molar-refractivity contribution in [3.63, 3.8) is 0 Å². The van der Waals surface area contributed by atoms with Crippen LogP contribution in [0.25, 0.3) is 0 Å². The Morgan fingerprint density at radius 1 is 1.47 bits per heavy atom. The molecule has 0 atom stereocenters. The van der Waals surface area contributed by atoms with Gasteiger partial charge in [-0.2, -0.15) is 0 Å². The predicted octanol–water partition coefficient (Wildman–Crippen LogP) is 1.63. The highest BCUT2D eigenvalue weighted by Crippen LogP contribution is 2.21. The van der Waals surface area contributed by atoms with E-state index in [2.05, 4.69) is 29.7 Å². The number of benzene rings is 1. The molecule has 1 aliphatic heterocycles. The molecule has 3 heteroatoms. The van der Waals surface area contributed by atoms with E-state index in [0.717, 1.165) is 31.3 Å². The third-order valence-electron chi connectivity index (χ3n) is 2.86. The van der Waals surface area contributed by atoms with Crippen LogP contribution in [0.1, 0.15) is 5.56 Å². The predicted molar refractivity (Wildman–Crippen MR) is 62.6 cm³/mol. The molecule has 0 aromatic heterocycles. The minimum absolute atomic E-state index is 0.785. The Kier molecular flexibility index (Phi) is 3.11. The summed E-state index contributed by atoms with van der Waals surface area (Å²) in [5, 5.41) is 6.71. The quantitative estimate of drug-likeness (QED) is 0.785. The first kappa shape index (κ1) is 10.3. The average molecular weight is 206 g/mol. The molecule has 3 nitrogen and oxygen atoms in total. The van der Waals surface area contributed by atoms with Crippen molar-refractivity contribution in [2.75, 3.05) is 32.1 Å². The van der Waals surface area contributed by atoms with Gasteiger partial charge in [0.05, 0.1) is 7.11 Å². The molecular formula is C12H18N2O. The third-order valence-corrected chi connectivity index (χ3v) is 2.86. The molecule has 0 aliphatic carbocycles. The SMILES string of the molecule is COc1ccc(NCC2CNC2)cc1C. The maximum Gasteiger partial charge on any atom is 0.121 e. The van der Waals surface area contributed by atoms with Crippen LogP contribution in [0, 0.1) is 12.8 Å². The highest BCUT2D eigenvalue weighted by Gasteiger charge is 2.15. The van der Waals surface area contributed by atoms with E-state index >= 15 is 0 Å². The molecule has 2 rings (SSSR count). The van der Waals surface area contributed by atoms with Crippen LogP contribution in [0.15, 0.2) is 18.2 Å². The van der Waals surface area contributed by atoms with Gasteiger partial charge < -0.3 is 15.4 Å². The van der Waals surface area contributed by atoms with Gasteiger partial charge in [0.25, 0.3) is 0 Å². The van der Waals surface area contributed by atoms with E-state index in [4.69, 9.17) is 4.74 Å². The highest BCUT2D eigenvalue weighted by molar-refractivity contribution is 5.50. The number of methoxy groups -OCH3 is 1. The lowest BCUT2D eigenvalue weighted by Crippen LogP contribution is -2.45. The minimum Gasteiger partial charge on any atom is -0.496 e. The summed E-state index contributed by atoms with van der Waals surface area (Å²) in [4.78, 5) is 0. The standard InChI is InChI=1S/C12H18N2O/c1-9-5-11(3-4-12(9)15-2)14-8-10-6-13-7-10/h3-5,10,13-14H,6-8H2,1-2H3. The van der Waals surface area contributed by atoms with Crippen LogP contribution in [0.4, 0.5) is 5.69 Å². The first-order valence-corrected chi connectivity index (χ1v) is 5.39. The van der Waals surface area contributed by atoms with Crippen LogP contribution in [0.2, 0.25) is 0 Å². The van der Waals surface area contributed by atoms with Gasteiger partial charge in [0.2, 0.25) is 0 Å². The summed E-state index contributed by atoms with van der Waals surface area (Å²) in [6.45, 7) is 5.40. The minimum atomic E-state index is 0.785. The fourth-order valence-corrected chi connectivity index (χ4v) is 1.74. The molecule has 0 spiro atoms. The van der Waals surface area contributed by atoms with Crippen LogP contribution in [-0.4, -0.2) is 26.7 Å². The number of anilines is 1. The van der Waals surface area contributed by atoms with E-state index in [1.807, 2.05) is 6.07 Å². The summed E-state index contributed by atoms with van der Waals surface area (Å²) < 4.78 is 5.22. The Morgan fingerprint density at radius 2 is 2.27 bits per heavy atom. The van der Waals surface area contributed by atoms with E-state index in [1.54, 1.807) is 7.11 Å². The lowest BCUT2D eigenvalue weighted by atomic mass is 10.0. The van der Waals surface area contributed by atoms with Crippen molar-refractivity contribution >= 4 is 5.69 Å². The lowest BCUT2D eigenvalue weighted by Gasteiger charge is -2.27. The van der Waals surface area contributed by atoms with E-state index in [9.17, 15) is 0 Å². The first-order valence-electron chi connectivity index (χ1n) is 5.39. The molecule has 1 aliphatic rings. The number of rotatable bonds is 4.